The Morgan fingerprint density at radius 2 is 1.90 bits per heavy atom. The number of aromatic nitrogens is 1. The molecule has 3 aliphatic rings. The van der Waals surface area contributed by atoms with Gasteiger partial charge in [-0.3, -0.25) is 9.69 Å². The van der Waals surface area contributed by atoms with Gasteiger partial charge in [0.2, 0.25) is 5.43 Å². The first-order valence-electron chi connectivity index (χ1n) is 14.0. The number of fused-ring (bicyclic) bond motifs is 2. The first-order chi connectivity index (χ1) is 19.4. The Balaban J connectivity index is 0.00000158. The molecule has 9 nitrogen and oxygen atoms in total. The Morgan fingerprint density at radius 1 is 1.15 bits per heavy atom. The van der Waals surface area contributed by atoms with Gasteiger partial charge in [-0.05, 0) is 54.6 Å². The van der Waals surface area contributed by atoms with E-state index in [9.17, 15) is 19.7 Å². The summed E-state index contributed by atoms with van der Waals surface area (Å²) >= 11 is 0. The third-order valence-corrected chi connectivity index (χ3v) is 7.65. The van der Waals surface area contributed by atoms with Gasteiger partial charge >= 0.3 is 13.1 Å². The maximum atomic E-state index is 15.2. The van der Waals surface area contributed by atoms with Crippen molar-refractivity contribution in [3.05, 3.63) is 63.7 Å². The number of hydrogen-bond acceptors (Lipinski definition) is 7. The monoisotopic (exact) mass is 551 g/mol. The van der Waals surface area contributed by atoms with Crippen molar-refractivity contribution in [2.75, 3.05) is 44.2 Å². The minimum atomic E-state index is -1.29. The topological polar surface area (TPSA) is 104 Å². The van der Waals surface area contributed by atoms with Crippen LogP contribution in [-0.4, -0.2) is 72.0 Å². The minimum Gasteiger partial charge on any atom is -0.494 e. The summed E-state index contributed by atoms with van der Waals surface area (Å²) in [5.41, 5.74) is 1.80. The molecule has 1 aliphatic carbocycles. The number of rotatable bonds is 8. The third-order valence-electron chi connectivity index (χ3n) is 7.65. The highest BCUT2D eigenvalue weighted by Crippen LogP contribution is 2.38. The van der Waals surface area contributed by atoms with E-state index in [1.54, 1.807) is 6.07 Å². The Bertz CT molecular complexity index is 1450. The van der Waals surface area contributed by atoms with E-state index < -0.39 is 24.3 Å². The van der Waals surface area contributed by atoms with Gasteiger partial charge in [0.25, 0.3) is 0 Å². The number of halogens is 1. The average Bonchev–Trinajstić information content (AvgIpc) is 3.75. The van der Waals surface area contributed by atoms with E-state index in [2.05, 4.69) is 4.90 Å². The van der Waals surface area contributed by atoms with Crippen LogP contribution in [0.3, 0.4) is 0 Å². The van der Waals surface area contributed by atoms with Gasteiger partial charge in [-0.2, -0.15) is 0 Å². The number of hydrogen-bond donors (Lipinski definition) is 2. The number of anilines is 1. The van der Waals surface area contributed by atoms with Crippen LogP contribution in [0.4, 0.5) is 10.1 Å². The molecule has 11 heteroatoms. The molecular formula is C29H35BFN3O6. The van der Waals surface area contributed by atoms with Gasteiger partial charge in [0.1, 0.15) is 17.1 Å². The lowest BCUT2D eigenvalue weighted by atomic mass is 9.79. The average molecular weight is 551 g/mol. The van der Waals surface area contributed by atoms with E-state index in [0.717, 1.165) is 49.9 Å². The molecule has 6 rings (SSSR count). The summed E-state index contributed by atoms with van der Waals surface area (Å²) in [6.07, 6.45) is 4.06. The fourth-order valence-electron chi connectivity index (χ4n) is 5.38. The second-order valence-corrected chi connectivity index (χ2v) is 10.2. The number of nitrogens with zero attached hydrogens (tertiary/aromatic N) is 3. The van der Waals surface area contributed by atoms with E-state index in [4.69, 9.17) is 9.39 Å². The highest BCUT2D eigenvalue weighted by Gasteiger charge is 2.29. The fraction of sp³-hybridized carbons (Fsp3) is 0.448. The van der Waals surface area contributed by atoms with Gasteiger partial charge < -0.3 is 29.0 Å². The molecule has 3 aromatic rings. The molecule has 2 aliphatic heterocycles. The smallest absolute Gasteiger partial charge is 0.491 e. The molecule has 3 heterocycles. The number of benzene rings is 2. The zero-order chi connectivity index (χ0) is 28.4. The van der Waals surface area contributed by atoms with Crippen LogP contribution in [0, 0.1) is 5.82 Å². The molecule has 1 aromatic heterocycles. The summed E-state index contributed by atoms with van der Waals surface area (Å²) < 4.78 is 28.1. The Kier molecular flexibility index (Phi) is 8.44. The summed E-state index contributed by atoms with van der Waals surface area (Å²) in [7, 11) is -0.888. The normalized spacial score (nSPS) is 17.0. The van der Waals surface area contributed by atoms with Crippen LogP contribution < -0.4 is 20.5 Å². The van der Waals surface area contributed by atoms with Crippen molar-refractivity contribution < 1.29 is 28.7 Å². The molecule has 40 heavy (non-hydrogen) atoms. The molecule has 2 aromatic carbocycles. The van der Waals surface area contributed by atoms with E-state index in [-0.39, 0.29) is 17.0 Å². The molecule has 1 saturated carbocycles. The van der Waals surface area contributed by atoms with Crippen LogP contribution in [0.2, 0.25) is 0 Å². The molecule has 1 saturated heterocycles. The quantitative estimate of drug-likeness (QED) is 0.326. The SMILES string of the molecule is CC.O=C(O)c1cn(C2CC2)c2cc(N3CCN(CCCOc4ccc5c(c4)B(O)OC5)CC3)c(F)cc2c1=O. The zero-order valence-corrected chi connectivity index (χ0v) is 22.9. The number of ether oxygens (including phenoxy) is 1. The maximum absolute atomic E-state index is 15.2. The predicted molar refractivity (Wildman–Crippen MR) is 152 cm³/mol. The van der Waals surface area contributed by atoms with E-state index in [1.807, 2.05) is 41.5 Å². The number of piperazine rings is 1. The van der Waals surface area contributed by atoms with Crippen molar-refractivity contribution in [2.45, 2.75) is 45.8 Å². The standard InChI is InChI=1S/C27H29BFN3O6.C2H6/c29-23-13-20-24(32(18-3-4-18)15-21(26(20)33)27(34)35)14-25(23)31-9-7-30(8-10-31)6-1-11-37-19-5-2-17-16-38-28(36)22(17)12-19;1-2/h2,5,12-15,18,36H,1,3-4,6-11,16H2,(H,34,35);1-2H3. The van der Waals surface area contributed by atoms with Crippen LogP contribution in [0.15, 0.2) is 41.3 Å². The van der Waals surface area contributed by atoms with E-state index in [0.29, 0.717) is 43.3 Å². The first-order valence-corrected chi connectivity index (χ1v) is 14.0. The maximum Gasteiger partial charge on any atom is 0.491 e. The first kappa shape index (κ1) is 28.1. The molecule has 2 fully saturated rings. The summed E-state index contributed by atoms with van der Waals surface area (Å²) in [4.78, 5) is 28.6. The van der Waals surface area contributed by atoms with Gasteiger partial charge in [-0.15, -0.1) is 0 Å². The molecular weight excluding hydrogens is 516 g/mol. The molecule has 0 atom stereocenters. The van der Waals surface area contributed by atoms with Gasteiger partial charge in [0.05, 0.1) is 24.4 Å². The summed E-state index contributed by atoms with van der Waals surface area (Å²) in [6.45, 7) is 8.65. The molecule has 2 N–H and O–H groups in total. The lowest BCUT2D eigenvalue weighted by molar-refractivity contribution is 0.0694. The fourth-order valence-corrected chi connectivity index (χ4v) is 5.38. The Labute approximate surface area is 232 Å². The van der Waals surface area contributed by atoms with Gasteiger partial charge in [0, 0.05) is 50.3 Å². The number of carbonyl (C=O) groups is 1. The number of carboxylic acids is 1. The lowest BCUT2D eigenvalue weighted by Gasteiger charge is -2.36. The van der Waals surface area contributed by atoms with Gasteiger partial charge in [-0.1, -0.05) is 19.9 Å². The van der Waals surface area contributed by atoms with Crippen LogP contribution in [-0.2, 0) is 11.3 Å². The van der Waals surface area contributed by atoms with E-state index in [1.165, 1.54) is 12.3 Å². The lowest BCUT2D eigenvalue weighted by Crippen LogP contribution is -2.47. The van der Waals surface area contributed by atoms with Crippen molar-refractivity contribution in [1.29, 1.82) is 0 Å². The van der Waals surface area contributed by atoms with E-state index >= 15 is 4.39 Å². The summed E-state index contributed by atoms with van der Waals surface area (Å²) in [6, 6.07) is 8.69. The Morgan fingerprint density at radius 3 is 2.60 bits per heavy atom. The van der Waals surface area contributed by atoms with Gasteiger partial charge in [-0.25, -0.2) is 9.18 Å². The second-order valence-electron chi connectivity index (χ2n) is 10.2. The number of aromatic carboxylic acids is 1. The summed E-state index contributed by atoms with van der Waals surface area (Å²) in [5.74, 6) is -1.09. The van der Waals surface area contributed by atoms with Crippen molar-refractivity contribution in [3.63, 3.8) is 0 Å². The van der Waals surface area contributed by atoms with Gasteiger partial charge in [0.15, 0.2) is 0 Å². The summed E-state index contributed by atoms with van der Waals surface area (Å²) in [5, 5.41) is 19.4. The number of pyridine rings is 1. The molecule has 0 spiro atoms. The van der Waals surface area contributed by atoms with Crippen molar-refractivity contribution in [3.8, 4) is 5.75 Å². The highest BCUT2D eigenvalue weighted by molar-refractivity contribution is 6.61. The second kappa shape index (κ2) is 12.0. The van der Waals surface area contributed by atoms with Crippen LogP contribution in [0.5, 0.6) is 5.75 Å². The van der Waals surface area contributed by atoms with Crippen molar-refractivity contribution in [1.82, 2.24) is 9.47 Å². The largest absolute Gasteiger partial charge is 0.494 e. The molecule has 0 radical (unpaired) electrons. The number of carboxylic acid groups (broad SMARTS) is 1. The predicted octanol–water partition coefficient (Wildman–Crippen LogP) is 3.01. The molecule has 0 unspecified atom stereocenters. The third kappa shape index (κ3) is 5.72. The minimum absolute atomic E-state index is 0.113. The van der Waals surface area contributed by atoms with Crippen LogP contribution in [0.25, 0.3) is 10.9 Å². The Hall–Kier alpha value is -3.41. The molecule has 0 amide bonds. The van der Waals surface area contributed by atoms with Crippen LogP contribution >= 0.6 is 0 Å². The highest BCUT2D eigenvalue weighted by atomic mass is 19.1. The van der Waals surface area contributed by atoms with Crippen molar-refractivity contribution >= 4 is 35.1 Å². The zero-order valence-electron chi connectivity index (χ0n) is 22.9. The molecule has 212 valence electrons. The van der Waals surface area contributed by atoms with Crippen molar-refractivity contribution in [2.24, 2.45) is 0 Å². The molecule has 0 bridgehead atoms. The van der Waals surface area contributed by atoms with Crippen LogP contribution in [0.1, 0.15) is 55.1 Å².